The maximum absolute atomic E-state index is 11.7. The van der Waals surface area contributed by atoms with Crippen molar-refractivity contribution in [3.63, 3.8) is 0 Å². The number of phenols is 1. The molecular weight excluding hydrogens is 230 g/mol. The Bertz CT molecular complexity index is 494. The second kappa shape index (κ2) is 3.86. The number of benzene rings is 1. The summed E-state index contributed by atoms with van der Waals surface area (Å²) in [5.41, 5.74) is 0.159. The molecule has 1 fully saturated rings. The van der Waals surface area contributed by atoms with E-state index >= 15 is 0 Å². The maximum atomic E-state index is 11.7. The van der Waals surface area contributed by atoms with Crippen LogP contribution in [-0.2, 0) is 10.0 Å². The van der Waals surface area contributed by atoms with E-state index in [1.54, 1.807) is 6.07 Å². The van der Waals surface area contributed by atoms with Gasteiger partial charge in [0.15, 0.2) is 0 Å². The molecule has 1 aromatic carbocycles. The number of ether oxygens (including phenoxy) is 1. The first-order chi connectivity index (χ1) is 7.53. The first-order valence-corrected chi connectivity index (χ1v) is 6.46. The summed E-state index contributed by atoms with van der Waals surface area (Å²) in [6.07, 6.45) is 1.36. The molecule has 0 atom stereocenters. The van der Waals surface area contributed by atoms with Crippen molar-refractivity contribution in [2.45, 2.75) is 18.1 Å². The van der Waals surface area contributed by atoms with Gasteiger partial charge in [-0.05, 0) is 25.0 Å². The fourth-order valence-corrected chi connectivity index (χ4v) is 2.73. The largest absolute Gasteiger partial charge is 0.506 e. The molecule has 1 aliphatic rings. The average Bonchev–Trinajstić information content (AvgIpc) is 3.04. The number of sulfonamides is 1. The van der Waals surface area contributed by atoms with Crippen LogP contribution in [0.2, 0.25) is 0 Å². The first-order valence-electron chi connectivity index (χ1n) is 4.91. The van der Waals surface area contributed by atoms with Crippen molar-refractivity contribution in [2.75, 3.05) is 11.8 Å². The van der Waals surface area contributed by atoms with Crippen LogP contribution in [0.1, 0.15) is 12.8 Å². The van der Waals surface area contributed by atoms with Crippen LogP contribution in [0.5, 0.6) is 11.5 Å². The molecule has 0 bridgehead atoms. The third-order valence-electron chi connectivity index (χ3n) is 2.42. The number of nitrogens with one attached hydrogen (secondary N) is 1. The van der Waals surface area contributed by atoms with Crippen LogP contribution >= 0.6 is 0 Å². The molecule has 0 heterocycles. The Hall–Kier alpha value is -1.43. The van der Waals surface area contributed by atoms with Gasteiger partial charge in [0.05, 0.1) is 18.0 Å². The van der Waals surface area contributed by atoms with Crippen molar-refractivity contribution in [1.82, 2.24) is 0 Å². The van der Waals surface area contributed by atoms with Crippen molar-refractivity contribution in [3.05, 3.63) is 18.2 Å². The molecule has 2 N–H and O–H groups in total. The molecule has 1 aliphatic carbocycles. The lowest BCUT2D eigenvalue weighted by Crippen LogP contribution is -2.17. The molecule has 0 aliphatic heterocycles. The molecule has 6 heteroatoms. The van der Waals surface area contributed by atoms with Crippen molar-refractivity contribution in [1.29, 1.82) is 0 Å². The number of hydrogen-bond acceptors (Lipinski definition) is 4. The summed E-state index contributed by atoms with van der Waals surface area (Å²) < 4.78 is 30.6. The Morgan fingerprint density at radius 1 is 1.44 bits per heavy atom. The Morgan fingerprint density at radius 2 is 2.12 bits per heavy atom. The summed E-state index contributed by atoms with van der Waals surface area (Å²) >= 11 is 0. The molecule has 0 spiro atoms. The monoisotopic (exact) mass is 243 g/mol. The zero-order chi connectivity index (χ0) is 11.8. The lowest BCUT2D eigenvalue weighted by molar-refractivity contribution is 0.413. The van der Waals surface area contributed by atoms with Crippen molar-refractivity contribution < 1.29 is 18.3 Å². The highest BCUT2D eigenvalue weighted by Crippen LogP contribution is 2.33. The average molecular weight is 243 g/mol. The van der Waals surface area contributed by atoms with E-state index in [4.69, 9.17) is 4.74 Å². The smallest absolute Gasteiger partial charge is 0.235 e. The van der Waals surface area contributed by atoms with Crippen molar-refractivity contribution >= 4 is 15.7 Å². The number of rotatable bonds is 4. The van der Waals surface area contributed by atoms with Gasteiger partial charge in [-0.2, -0.15) is 0 Å². The fourth-order valence-electron chi connectivity index (χ4n) is 1.34. The highest BCUT2D eigenvalue weighted by molar-refractivity contribution is 7.93. The molecule has 0 aromatic heterocycles. The third-order valence-corrected chi connectivity index (χ3v) is 4.27. The summed E-state index contributed by atoms with van der Waals surface area (Å²) in [4.78, 5) is 0. The van der Waals surface area contributed by atoms with Crippen LogP contribution in [0, 0.1) is 0 Å². The van der Waals surface area contributed by atoms with Crippen molar-refractivity contribution in [2.24, 2.45) is 0 Å². The van der Waals surface area contributed by atoms with Crippen molar-refractivity contribution in [3.8, 4) is 11.5 Å². The summed E-state index contributed by atoms with van der Waals surface area (Å²) in [7, 11) is -1.88. The predicted molar refractivity (Wildman–Crippen MR) is 60.2 cm³/mol. The molecule has 2 rings (SSSR count). The van der Waals surface area contributed by atoms with Gasteiger partial charge < -0.3 is 9.84 Å². The minimum absolute atomic E-state index is 0.106. The van der Waals surface area contributed by atoms with Gasteiger partial charge in [0.25, 0.3) is 0 Å². The van der Waals surface area contributed by atoms with Crippen LogP contribution in [0.3, 0.4) is 0 Å². The SMILES string of the molecule is COc1ccc(O)c(NS(=O)(=O)C2CC2)c1. The Morgan fingerprint density at radius 3 is 2.69 bits per heavy atom. The first kappa shape index (κ1) is 11.1. The minimum Gasteiger partial charge on any atom is -0.506 e. The van der Waals surface area contributed by atoms with Crippen LogP contribution in [0.4, 0.5) is 5.69 Å². The van der Waals surface area contributed by atoms with Gasteiger partial charge >= 0.3 is 0 Å². The zero-order valence-corrected chi connectivity index (χ0v) is 9.62. The Balaban J connectivity index is 2.26. The summed E-state index contributed by atoms with van der Waals surface area (Å²) in [6, 6.07) is 4.41. The van der Waals surface area contributed by atoms with Gasteiger partial charge in [0.1, 0.15) is 11.5 Å². The van der Waals surface area contributed by atoms with Gasteiger partial charge in [-0.25, -0.2) is 8.42 Å². The van der Waals surface area contributed by atoms with Gasteiger partial charge in [-0.15, -0.1) is 0 Å². The molecule has 1 saturated carbocycles. The molecule has 16 heavy (non-hydrogen) atoms. The third kappa shape index (κ3) is 2.21. The topological polar surface area (TPSA) is 75.6 Å². The molecule has 0 saturated heterocycles. The lowest BCUT2D eigenvalue weighted by Gasteiger charge is -2.10. The van der Waals surface area contributed by atoms with E-state index in [2.05, 4.69) is 4.72 Å². The molecule has 0 amide bonds. The van der Waals surface area contributed by atoms with Crippen LogP contribution < -0.4 is 9.46 Å². The van der Waals surface area contributed by atoms with E-state index in [9.17, 15) is 13.5 Å². The number of phenolic OH excluding ortho intramolecular Hbond substituents is 1. The summed E-state index contributed by atoms with van der Waals surface area (Å²) in [5.74, 6) is 0.385. The van der Waals surface area contributed by atoms with E-state index in [1.807, 2.05) is 0 Å². The lowest BCUT2D eigenvalue weighted by atomic mass is 10.3. The minimum atomic E-state index is -3.35. The van der Waals surface area contributed by atoms with Crippen LogP contribution in [-0.4, -0.2) is 25.9 Å². The van der Waals surface area contributed by atoms with Crippen LogP contribution in [0.15, 0.2) is 18.2 Å². The molecular formula is C10H13NO4S. The highest BCUT2D eigenvalue weighted by Gasteiger charge is 2.36. The standard InChI is InChI=1S/C10H13NO4S/c1-15-7-2-5-10(12)9(6-7)11-16(13,14)8-3-4-8/h2,5-6,8,11-12H,3-4H2,1H3. The molecule has 0 radical (unpaired) electrons. The molecule has 1 aromatic rings. The summed E-state index contributed by atoms with van der Waals surface area (Å²) in [6.45, 7) is 0. The molecule has 0 unspecified atom stereocenters. The molecule has 88 valence electrons. The molecule has 5 nitrogen and oxygen atoms in total. The van der Waals surface area contributed by atoms with E-state index in [0.717, 1.165) is 0 Å². The second-order valence-electron chi connectivity index (χ2n) is 3.73. The normalized spacial score (nSPS) is 15.8. The highest BCUT2D eigenvalue weighted by atomic mass is 32.2. The quantitative estimate of drug-likeness (QED) is 0.782. The summed E-state index contributed by atoms with van der Waals surface area (Å²) in [5, 5.41) is 9.19. The predicted octanol–water partition coefficient (Wildman–Crippen LogP) is 1.30. The Kier molecular flexibility index (Phi) is 2.67. The van der Waals surface area contributed by atoms with E-state index in [0.29, 0.717) is 18.6 Å². The van der Waals surface area contributed by atoms with Gasteiger partial charge in [-0.3, -0.25) is 4.72 Å². The number of hydrogen-bond donors (Lipinski definition) is 2. The maximum Gasteiger partial charge on any atom is 0.235 e. The van der Waals surface area contributed by atoms with E-state index in [1.165, 1.54) is 19.2 Å². The zero-order valence-electron chi connectivity index (χ0n) is 8.80. The number of anilines is 1. The van der Waals surface area contributed by atoms with Gasteiger partial charge in [0.2, 0.25) is 10.0 Å². The van der Waals surface area contributed by atoms with E-state index in [-0.39, 0.29) is 16.7 Å². The fraction of sp³-hybridized carbons (Fsp3) is 0.400. The van der Waals surface area contributed by atoms with Gasteiger partial charge in [-0.1, -0.05) is 0 Å². The second-order valence-corrected chi connectivity index (χ2v) is 5.69. The number of methoxy groups -OCH3 is 1. The van der Waals surface area contributed by atoms with Crippen LogP contribution in [0.25, 0.3) is 0 Å². The van der Waals surface area contributed by atoms with E-state index < -0.39 is 10.0 Å². The Labute approximate surface area is 94.1 Å². The van der Waals surface area contributed by atoms with Gasteiger partial charge in [0, 0.05) is 6.07 Å². The number of aromatic hydroxyl groups is 1.